The Labute approximate surface area is 142 Å². The molecule has 0 aliphatic rings. The van der Waals surface area contributed by atoms with E-state index in [1.807, 2.05) is 30.3 Å². The lowest BCUT2D eigenvalue weighted by Gasteiger charge is -2.03. The summed E-state index contributed by atoms with van der Waals surface area (Å²) in [5.74, 6) is -0.101. The molecule has 0 radical (unpaired) electrons. The van der Waals surface area contributed by atoms with Crippen LogP contribution in [0, 0.1) is 6.92 Å². The Morgan fingerprint density at radius 2 is 2.04 bits per heavy atom. The van der Waals surface area contributed by atoms with E-state index in [0.717, 1.165) is 5.56 Å². The van der Waals surface area contributed by atoms with Crippen LogP contribution in [-0.4, -0.2) is 16.0 Å². The maximum Gasteiger partial charge on any atom is 0.316 e. The van der Waals surface area contributed by atoms with Gasteiger partial charge >= 0.3 is 11.8 Å². The second kappa shape index (κ2) is 7.43. The van der Waals surface area contributed by atoms with Crippen LogP contribution >= 0.6 is 0 Å². The molecule has 3 aromatic rings. The van der Waals surface area contributed by atoms with E-state index in [0.29, 0.717) is 12.3 Å². The number of aryl methyl sites for hydroxylation is 1. The standard InChI is InChI=1S/C17H15N3O5/c1-11-15(13(21)7-8-23-11)24-10-14-19-17(25-20-14)16(22)18-9-12-5-3-2-4-6-12/h2-8H,9-10H2,1H3,(H,18,22). The Morgan fingerprint density at radius 3 is 2.80 bits per heavy atom. The lowest BCUT2D eigenvalue weighted by molar-refractivity contribution is 0.0907. The molecule has 0 aliphatic carbocycles. The summed E-state index contributed by atoms with van der Waals surface area (Å²) >= 11 is 0. The highest BCUT2D eigenvalue weighted by Gasteiger charge is 2.16. The average molecular weight is 341 g/mol. The fourth-order valence-electron chi connectivity index (χ4n) is 2.07. The number of amides is 1. The highest BCUT2D eigenvalue weighted by molar-refractivity contribution is 5.89. The zero-order valence-corrected chi connectivity index (χ0v) is 13.4. The summed E-state index contributed by atoms with van der Waals surface area (Å²) in [5.41, 5.74) is 0.637. The summed E-state index contributed by atoms with van der Waals surface area (Å²) in [5, 5.41) is 6.34. The van der Waals surface area contributed by atoms with Crippen molar-refractivity contribution >= 4 is 5.91 Å². The Hall–Kier alpha value is -3.42. The second-order valence-electron chi connectivity index (χ2n) is 5.14. The fourth-order valence-corrected chi connectivity index (χ4v) is 2.07. The molecule has 128 valence electrons. The van der Waals surface area contributed by atoms with Gasteiger partial charge in [-0.3, -0.25) is 9.59 Å². The molecular formula is C17H15N3O5. The van der Waals surface area contributed by atoms with Crippen molar-refractivity contribution in [3.05, 3.63) is 75.9 Å². The van der Waals surface area contributed by atoms with Gasteiger partial charge in [-0.15, -0.1) is 0 Å². The van der Waals surface area contributed by atoms with Crippen LogP contribution in [0.3, 0.4) is 0 Å². The molecule has 3 rings (SSSR count). The van der Waals surface area contributed by atoms with Crippen LogP contribution in [0.2, 0.25) is 0 Å². The first kappa shape index (κ1) is 16.4. The van der Waals surface area contributed by atoms with Crippen molar-refractivity contribution in [3.8, 4) is 5.75 Å². The van der Waals surface area contributed by atoms with Crippen LogP contribution in [0.15, 0.2) is 56.4 Å². The topological polar surface area (TPSA) is 107 Å². The number of carbonyl (C=O) groups excluding carboxylic acids is 1. The third-order valence-corrected chi connectivity index (χ3v) is 3.31. The minimum atomic E-state index is -0.488. The molecule has 8 heteroatoms. The van der Waals surface area contributed by atoms with Gasteiger partial charge in [0.25, 0.3) is 0 Å². The van der Waals surface area contributed by atoms with Gasteiger partial charge in [-0.1, -0.05) is 35.5 Å². The molecule has 0 aliphatic heterocycles. The van der Waals surface area contributed by atoms with Crippen LogP contribution in [0.4, 0.5) is 0 Å². The van der Waals surface area contributed by atoms with Gasteiger partial charge in [0.05, 0.1) is 6.26 Å². The molecule has 1 N–H and O–H groups in total. The lowest BCUT2D eigenvalue weighted by atomic mass is 10.2. The van der Waals surface area contributed by atoms with Crippen molar-refractivity contribution in [2.45, 2.75) is 20.1 Å². The number of aromatic nitrogens is 2. The number of rotatable bonds is 6. The first-order valence-electron chi connectivity index (χ1n) is 7.49. The predicted octanol–water partition coefficient (Wildman–Crippen LogP) is 1.84. The number of nitrogens with one attached hydrogen (secondary N) is 1. The number of carbonyl (C=O) groups is 1. The second-order valence-corrected chi connectivity index (χ2v) is 5.14. The Bertz CT molecular complexity index is 917. The van der Waals surface area contributed by atoms with E-state index in [4.69, 9.17) is 13.7 Å². The van der Waals surface area contributed by atoms with Crippen molar-refractivity contribution in [1.82, 2.24) is 15.5 Å². The van der Waals surface area contributed by atoms with Gasteiger partial charge in [-0.05, 0) is 12.5 Å². The molecule has 0 spiro atoms. The van der Waals surface area contributed by atoms with E-state index in [1.165, 1.54) is 12.3 Å². The van der Waals surface area contributed by atoms with E-state index >= 15 is 0 Å². The minimum Gasteiger partial charge on any atom is -0.478 e. The monoisotopic (exact) mass is 341 g/mol. The summed E-state index contributed by atoms with van der Waals surface area (Å²) < 4.78 is 15.4. The molecule has 0 saturated heterocycles. The average Bonchev–Trinajstić information content (AvgIpc) is 3.09. The normalized spacial score (nSPS) is 10.4. The van der Waals surface area contributed by atoms with Crippen molar-refractivity contribution in [2.24, 2.45) is 0 Å². The first-order valence-corrected chi connectivity index (χ1v) is 7.49. The lowest BCUT2D eigenvalue weighted by Crippen LogP contribution is -2.23. The summed E-state index contributed by atoms with van der Waals surface area (Å²) in [6, 6.07) is 10.7. The number of hydrogen-bond donors (Lipinski definition) is 1. The predicted molar refractivity (Wildman–Crippen MR) is 86.0 cm³/mol. The summed E-state index contributed by atoms with van der Waals surface area (Å²) in [4.78, 5) is 27.6. The molecule has 8 nitrogen and oxygen atoms in total. The summed E-state index contributed by atoms with van der Waals surface area (Å²) in [6.07, 6.45) is 1.29. The molecule has 0 unspecified atom stereocenters. The van der Waals surface area contributed by atoms with Gasteiger partial charge in [0.15, 0.2) is 6.61 Å². The van der Waals surface area contributed by atoms with Gasteiger partial charge in [0.1, 0.15) is 5.76 Å². The maximum atomic E-state index is 12.0. The molecule has 0 saturated carbocycles. The van der Waals surface area contributed by atoms with E-state index in [2.05, 4.69) is 15.5 Å². The molecule has 2 aromatic heterocycles. The van der Waals surface area contributed by atoms with Crippen LogP contribution in [0.25, 0.3) is 0 Å². The molecule has 0 atom stereocenters. The van der Waals surface area contributed by atoms with Crippen molar-refractivity contribution in [1.29, 1.82) is 0 Å². The highest BCUT2D eigenvalue weighted by Crippen LogP contribution is 2.12. The van der Waals surface area contributed by atoms with Crippen molar-refractivity contribution in [3.63, 3.8) is 0 Å². The molecule has 0 fully saturated rings. The molecule has 25 heavy (non-hydrogen) atoms. The van der Waals surface area contributed by atoms with Crippen LogP contribution in [0.5, 0.6) is 5.75 Å². The molecule has 1 aromatic carbocycles. The maximum absolute atomic E-state index is 12.0. The summed E-state index contributed by atoms with van der Waals surface area (Å²) in [6.45, 7) is 1.83. The molecular weight excluding hydrogens is 326 g/mol. The highest BCUT2D eigenvalue weighted by atomic mass is 16.5. The van der Waals surface area contributed by atoms with Gasteiger partial charge < -0.3 is 19.0 Å². The van der Waals surface area contributed by atoms with Crippen molar-refractivity contribution < 1.29 is 18.5 Å². The van der Waals surface area contributed by atoms with Crippen LogP contribution in [0.1, 0.15) is 27.8 Å². The third-order valence-electron chi connectivity index (χ3n) is 3.31. The zero-order chi connectivity index (χ0) is 17.6. The Morgan fingerprint density at radius 1 is 1.24 bits per heavy atom. The number of hydrogen-bond acceptors (Lipinski definition) is 7. The largest absolute Gasteiger partial charge is 0.478 e. The van der Waals surface area contributed by atoms with E-state index in [9.17, 15) is 9.59 Å². The SMILES string of the molecule is Cc1occc(=O)c1OCc1noc(C(=O)NCc2ccccc2)n1. The molecule has 2 heterocycles. The first-order chi connectivity index (χ1) is 12.1. The fraction of sp³-hybridized carbons (Fsp3) is 0.176. The van der Waals surface area contributed by atoms with E-state index < -0.39 is 5.91 Å². The number of nitrogens with zero attached hydrogens (tertiary/aromatic N) is 2. The van der Waals surface area contributed by atoms with Crippen LogP contribution < -0.4 is 15.5 Å². The third kappa shape index (κ3) is 4.11. The smallest absolute Gasteiger partial charge is 0.316 e. The van der Waals surface area contributed by atoms with Gasteiger partial charge in [0.2, 0.25) is 17.0 Å². The molecule has 1 amide bonds. The number of ether oxygens (including phenoxy) is 1. The Kier molecular flexibility index (Phi) is 4.89. The number of benzene rings is 1. The molecule has 0 bridgehead atoms. The van der Waals surface area contributed by atoms with Gasteiger partial charge in [0, 0.05) is 12.6 Å². The minimum absolute atomic E-state index is 0.0716. The van der Waals surface area contributed by atoms with Gasteiger partial charge in [-0.2, -0.15) is 4.98 Å². The van der Waals surface area contributed by atoms with E-state index in [1.54, 1.807) is 6.92 Å². The Balaban J connectivity index is 1.58. The zero-order valence-electron chi connectivity index (χ0n) is 13.4. The van der Waals surface area contributed by atoms with Gasteiger partial charge in [-0.25, -0.2) is 0 Å². The van der Waals surface area contributed by atoms with E-state index in [-0.39, 0.29) is 29.5 Å². The quantitative estimate of drug-likeness (QED) is 0.729. The van der Waals surface area contributed by atoms with Crippen LogP contribution in [-0.2, 0) is 13.2 Å². The summed E-state index contributed by atoms with van der Waals surface area (Å²) in [7, 11) is 0. The van der Waals surface area contributed by atoms with Crippen molar-refractivity contribution in [2.75, 3.05) is 0 Å².